The molecule has 0 aliphatic carbocycles. The predicted octanol–water partition coefficient (Wildman–Crippen LogP) is 3.76. The maximum absolute atomic E-state index is 12.6. The second kappa shape index (κ2) is 6.37. The minimum absolute atomic E-state index is 0.225. The van der Waals surface area contributed by atoms with Crippen molar-refractivity contribution < 1.29 is 8.42 Å². The van der Waals surface area contributed by atoms with Crippen molar-refractivity contribution in [3.63, 3.8) is 0 Å². The second-order valence-corrected chi connectivity index (χ2v) is 8.06. The highest BCUT2D eigenvalue weighted by molar-refractivity contribution is 7.89. The Kier molecular flexibility index (Phi) is 5.03. The van der Waals surface area contributed by atoms with Crippen LogP contribution < -0.4 is 0 Å². The molecule has 0 amide bonds. The minimum atomic E-state index is -3.46. The molecule has 0 spiro atoms. The molecule has 104 valence electrons. The van der Waals surface area contributed by atoms with Crippen molar-refractivity contribution in [3.05, 3.63) is 38.7 Å². The van der Waals surface area contributed by atoms with Crippen LogP contribution in [0, 0.1) is 0 Å². The zero-order valence-corrected chi connectivity index (χ0v) is 13.6. The highest BCUT2D eigenvalue weighted by atomic mass is 35.5. The number of halogens is 1. The van der Waals surface area contributed by atoms with Gasteiger partial charge in [-0.2, -0.15) is 4.31 Å². The smallest absolute Gasteiger partial charge is 0.207 e. The molecule has 0 N–H and O–H groups in total. The second-order valence-electron chi connectivity index (χ2n) is 3.85. The standard InChI is InChI=1S/C12H14ClNO2S3/c1-2-14(9-10-4-3-6-17-10)19(15,16)12-5-7-18-11(12)8-13/h3-7H,2,8-9H2,1H3. The van der Waals surface area contributed by atoms with E-state index in [4.69, 9.17) is 11.6 Å². The monoisotopic (exact) mass is 335 g/mol. The Morgan fingerprint density at radius 1 is 1.26 bits per heavy atom. The molecule has 0 aliphatic rings. The number of thiophene rings is 2. The first kappa shape index (κ1) is 15.0. The Bertz CT molecular complexity index is 619. The number of hydrogen-bond acceptors (Lipinski definition) is 4. The highest BCUT2D eigenvalue weighted by Crippen LogP contribution is 2.28. The summed E-state index contributed by atoms with van der Waals surface area (Å²) in [7, 11) is -3.46. The van der Waals surface area contributed by atoms with E-state index in [1.54, 1.807) is 22.8 Å². The summed E-state index contributed by atoms with van der Waals surface area (Å²) in [6.45, 7) is 2.70. The van der Waals surface area contributed by atoms with Crippen LogP contribution in [0.15, 0.2) is 33.9 Å². The number of rotatable bonds is 6. The fourth-order valence-electron chi connectivity index (χ4n) is 1.74. The van der Waals surface area contributed by atoms with Crippen LogP contribution in [0.3, 0.4) is 0 Å². The van der Waals surface area contributed by atoms with Gasteiger partial charge in [0.25, 0.3) is 0 Å². The number of sulfonamides is 1. The fraction of sp³-hybridized carbons (Fsp3) is 0.333. The van der Waals surface area contributed by atoms with E-state index >= 15 is 0 Å². The van der Waals surface area contributed by atoms with Crippen LogP contribution in [0.5, 0.6) is 0 Å². The van der Waals surface area contributed by atoms with Crippen LogP contribution >= 0.6 is 34.3 Å². The average Bonchev–Trinajstić information content (AvgIpc) is 3.06. The van der Waals surface area contributed by atoms with Crippen LogP contribution in [0.25, 0.3) is 0 Å². The van der Waals surface area contributed by atoms with E-state index in [0.29, 0.717) is 22.9 Å². The van der Waals surface area contributed by atoms with Gasteiger partial charge in [-0.05, 0) is 22.9 Å². The highest BCUT2D eigenvalue weighted by Gasteiger charge is 2.26. The van der Waals surface area contributed by atoms with Crippen molar-refractivity contribution in [2.24, 2.45) is 0 Å². The van der Waals surface area contributed by atoms with E-state index < -0.39 is 10.0 Å². The zero-order valence-electron chi connectivity index (χ0n) is 10.4. The molecule has 2 heterocycles. The molecule has 0 unspecified atom stereocenters. The Morgan fingerprint density at radius 3 is 2.63 bits per heavy atom. The molecule has 0 bridgehead atoms. The van der Waals surface area contributed by atoms with Crippen molar-refractivity contribution in [2.75, 3.05) is 6.54 Å². The van der Waals surface area contributed by atoms with Gasteiger partial charge in [-0.1, -0.05) is 13.0 Å². The number of hydrogen-bond donors (Lipinski definition) is 0. The van der Waals surface area contributed by atoms with Crippen molar-refractivity contribution >= 4 is 44.3 Å². The molecule has 0 saturated heterocycles. The first-order chi connectivity index (χ1) is 9.09. The summed E-state index contributed by atoms with van der Waals surface area (Å²) in [5.41, 5.74) is 0. The van der Waals surface area contributed by atoms with Gasteiger partial charge in [-0.15, -0.1) is 34.3 Å². The van der Waals surface area contributed by atoms with E-state index in [-0.39, 0.29) is 5.88 Å². The summed E-state index contributed by atoms with van der Waals surface area (Å²) in [6, 6.07) is 5.50. The van der Waals surface area contributed by atoms with Gasteiger partial charge in [-0.3, -0.25) is 0 Å². The van der Waals surface area contributed by atoms with Gasteiger partial charge in [-0.25, -0.2) is 8.42 Å². The third-order valence-corrected chi connectivity index (χ3v) is 7.05. The molecule has 2 rings (SSSR count). The van der Waals surface area contributed by atoms with Crippen LogP contribution in [0.1, 0.15) is 16.7 Å². The first-order valence-corrected chi connectivity index (χ1v) is 9.47. The van der Waals surface area contributed by atoms with Gasteiger partial charge in [0.2, 0.25) is 10.0 Å². The molecule has 2 aromatic rings. The van der Waals surface area contributed by atoms with Crippen molar-refractivity contribution in [3.8, 4) is 0 Å². The fourth-order valence-corrected chi connectivity index (χ4v) is 5.64. The van der Waals surface area contributed by atoms with Crippen LogP contribution in [-0.2, 0) is 22.4 Å². The van der Waals surface area contributed by atoms with E-state index in [1.165, 1.54) is 15.6 Å². The molecule has 0 fully saturated rings. The number of alkyl halides is 1. The third kappa shape index (κ3) is 3.20. The molecule has 0 atom stereocenters. The first-order valence-electron chi connectivity index (χ1n) is 5.74. The molecule has 0 aromatic carbocycles. The lowest BCUT2D eigenvalue weighted by molar-refractivity contribution is 0.426. The predicted molar refractivity (Wildman–Crippen MR) is 81.5 cm³/mol. The Balaban J connectivity index is 2.31. The van der Waals surface area contributed by atoms with Gasteiger partial charge in [0.1, 0.15) is 0 Å². The summed E-state index contributed by atoms with van der Waals surface area (Å²) >= 11 is 8.74. The van der Waals surface area contributed by atoms with Crippen LogP contribution in [0.4, 0.5) is 0 Å². The molecule has 3 nitrogen and oxygen atoms in total. The Hall–Kier alpha value is -0.400. The Labute approximate surface area is 126 Å². The third-order valence-electron chi connectivity index (χ3n) is 2.71. The summed E-state index contributed by atoms with van der Waals surface area (Å²) in [4.78, 5) is 2.07. The summed E-state index contributed by atoms with van der Waals surface area (Å²) in [5, 5.41) is 3.72. The van der Waals surface area contributed by atoms with Crippen molar-refractivity contribution in [1.29, 1.82) is 0 Å². The molecule has 7 heteroatoms. The van der Waals surface area contributed by atoms with E-state index in [2.05, 4.69) is 0 Å². The topological polar surface area (TPSA) is 37.4 Å². The van der Waals surface area contributed by atoms with Gasteiger partial charge < -0.3 is 0 Å². The van der Waals surface area contributed by atoms with E-state index in [9.17, 15) is 8.42 Å². The lowest BCUT2D eigenvalue weighted by Gasteiger charge is -2.19. The van der Waals surface area contributed by atoms with Gasteiger partial charge >= 0.3 is 0 Å². The van der Waals surface area contributed by atoms with Gasteiger partial charge in [0.15, 0.2) is 0 Å². The normalized spacial score (nSPS) is 12.2. The molecular weight excluding hydrogens is 322 g/mol. The molecule has 0 radical (unpaired) electrons. The lowest BCUT2D eigenvalue weighted by Crippen LogP contribution is -2.30. The quantitative estimate of drug-likeness (QED) is 0.754. The maximum atomic E-state index is 12.6. The van der Waals surface area contributed by atoms with Crippen molar-refractivity contribution in [1.82, 2.24) is 4.31 Å². The summed E-state index contributed by atoms with van der Waals surface area (Å²) in [6.07, 6.45) is 0. The lowest BCUT2D eigenvalue weighted by atomic mass is 10.4. The average molecular weight is 336 g/mol. The molecule has 0 aliphatic heterocycles. The number of nitrogens with zero attached hydrogens (tertiary/aromatic N) is 1. The Morgan fingerprint density at radius 2 is 2.05 bits per heavy atom. The molecule has 2 aromatic heterocycles. The zero-order chi connectivity index (χ0) is 13.9. The van der Waals surface area contributed by atoms with Crippen LogP contribution in [-0.4, -0.2) is 19.3 Å². The summed E-state index contributed by atoms with van der Waals surface area (Å²) < 4.78 is 26.7. The van der Waals surface area contributed by atoms with Gasteiger partial charge in [0.05, 0.1) is 10.8 Å². The van der Waals surface area contributed by atoms with Crippen LogP contribution in [0.2, 0.25) is 0 Å². The minimum Gasteiger partial charge on any atom is -0.207 e. The largest absolute Gasteiger partial charge is 0.244 e. The van der Waals surface area contributed by atoms with Gasteiger partial charge in [0, 0.05) is 22.8 Å². The maximum Gasteiger partial charge on any atom is 0.244 e. The van der Waals surface area contributed by atoms with Crippen molar-refractivity contribution in [2.45, 2.75) is 24.2 Å². The molecular formula is C12H14ClNO2S3. The summed E-state index contributed by atoms with van der Waals surface area (Å²) in [5.74, 6) is 0.225. The molecule has 19 heavy (non-hydrogen) atoms. The molecule has 0 saturated carbocycles. The van der Waals surface area contributed by atoms with E-state index in [0.717, 1.165) is 4.88 Å². The van der Waals surface area contributed by atoms with E-state index in [1.807, 2.05) is 24.4 Å². The SMILES string of the molecule is CCN(Cc1cccs1)S(=O)(=O)c1ccsc1CCl.